The van der Waals surface area contributed by atoms with Crippen molar-refractivity contribution in [3.05, 3.63) is 71.8 Å². The lowest BCUT2D eigenvalue weighted by Gasteiger charge is -2.16. The number of unbranched alkanes of at least 4 members (excludes halogenated alkanes) is 2. The van der Waals surface area contributed by atoms with Crippen molar-refractivity contribution in [1.29, 1.82) is 0 Å². The molecule has 0 amide bonds. The van der Waals surface area contributed by atoms with Gasteiger partial charge in [-0.05, 0) is 67.3 Å². The largest absolute Gasteiger partial charge is 0.497 e. The first-order chi connectivity index (χ1) is 15.1. The number of rotatable bonds is 14. The fourth-order valence-electron chi connectivity index (χ4n) is 3.00. The molecule has 0 saturated carbocycles. The molecule has 0 spiro atoms. The van der Waals surface area contributed by atoms with Gasteiger partial charge in [0.25, 0.3) is 0 Å². The number of hydrogen-bond donors (Lipinski definition) is 0. The monoisotopic (exact) mass is 422 g/mol. The molecule has 0 N–H and O–H groups in total. The minimum absolute atomic E-state index is 0.0734. The second kappa shape index (κ2) is 13.3. The Morgan fingerprint density at radius 2 is 1.61 bits per heavy atom. The van der Waals surface area contributed by atoms with E-state index in [0.717, 1.165) is 54.1 Å². The van der Waals surface area contributed by atoms with Crippen LogP contribution >= 0.6 is 0 Å². The maximum Gasteiger partial charge on any atom is 0.185 e. The SMILES string of the molecule is C=CCc1cc(/C=C/C(=O)c2ccc(OC)cc2)c(OCCCC)cc1OCCCC. The summed E-state index contributed by atoms with van der Waals surface area (Å²) in [6.45, 7) is 9.42. The summed E-state index contributed by atoms with van der Waals surface area (Å²) in [5.74, 6) is 2.19. The molecule has 0 aliphatic carbocycles. The van der Waals surface area contributed by atoms with Gasteiger partial charge in [-0.3, -0.25) is 4.79 Å². The summed E-state index contributed by atoms with van der Waals surface area (Å²) in [6, 6.07) is 11.1. The molecular weight excluding hydrogens is 388 g/mol. The Morgan fingerprint density at radius 3 is 2.19 bits per heavy atom. The Hall–Kier alpha value is -3.01. The first-order valence-electron chi connectivity index (χ1n) is 11.0. The van der Waals surface area contributed by atoms with Crippen molar-refractivity contribution >= 4 is 11.9 Å². The van der Waals surface area contributed by atoms with E-state index in [1.807, 2.05) is 24.3 Å². The van der Waals surface area contributed by atoms with Crippen molar-refractivity contribution in [2.24, 2.45) is 0 Å². The summed E-state index contributed by atoms with van der Waals surface area (Å²) >= 11 is 0. The highest BCUT2D eigenvalue weighted by atomic mass is 16.5. The van der Waals surface area contributed by atoms with E-state index in [-0.39, 0.29) is 5.78 Å². The van der Waals surface area contributed by atoms with Crippen LogP contribution in [0.4, 0.5) is 0 Å². The van der Waals surface area contributed by atoms with Crippen LogP contribution in [0.25, 0.3) is 6.08 Å². The van der Waals surface area contributed by atoms with Crippen molar-refractivity contribution in [3.63, 3.8) is 0 Å². The van der Waals surface area contributed by atoms with Gasteiger partial charge in [0.05, 0.1) is 20.3 Å². The molecular formula is C27H34O4. The van der Waals surface area contributed by atoms with Crippen LogP contribution in [0.3, 0.4) is 0 Å². The molecule has 0 unspecified atom stereocenters. The third-order valence-corrected chi connectivity index (χ3v) is 4.86. The molecule has 31 heavy (non-hydrogen) atoms. The lowest BCUT2D eigenvalue weighted by molar-refractivity contribution is 0.104. The van der Waals surface area contributed by atoms with E-state index in [4.69, 9.17) is 14.2 Å². The molecule has 4 heteroatoms. The first kappa shape index (κ1) is 24.3. The van der Waals surface area contributed by atoms with Gasteiger partial charge in [-0.15, -0.1) is 6.58 Å². The summed E-state index contributed by atoms with van der Waals surface area (Å²) in [5, 5.41) is 0. The molecule has 0 saturated heterocycles. The smallest absolute Gasteiger partial charge is 0.185 e. The summed E-state index contributed by atoms with van der Waals surface area (Å²) in [5.41, 5.74) is 2.50. The molecule has 2 aromatic rings. The number of ether oxygens (including phenoxy) is 3. The quantitative estimate of drug-likeness (QED) is 0.147. The zero-order chi connectivity index (χ0) is 22.5. The zero-order valence-corrected chi connectivity index (χ0v) is 19.0. The van der Waals surface area contributed by atoms with E-state index in [1.54, 1.807) is 37.5 Å². The van der Waals surface area contributed by atoms with Gasteiger partial charge in [-0.25, -0.2) is 0 Å². The van der Waals surface area contributed by atoms with Crippen molar-refractivity contribution < 1.29 is 19.0 Å². The second-order valence-electron chi connectivity index (χ2n) is 7.32. The van der Waals surface area contributed by atoms with Crippen LogP contribution in [0.1, 0.15) is 61.0 Å². The van der Waals surface area contributed by atoms with Gasteiger partial charge in [-0.2, -0.15) is 0 Å². The van der Waals surface area contributed by atoms with Crippen molar-refractivity contribution in [1.82, 2.24) is 0 Å². The molecule has 0 aromatic heterocycles. The Bertz CT molecular complexity index is 866. The van der Waals surface area contributed by atoms with Gasteiger partial charge < -0.3 is 14.2 Å². The molecule has 2 rings (SSSR count). The van der Waals surface area contributed by atoms with E-state index in [2.05, 4.69) is 20.4 Å². The molecule has 4 nitrogen and oxygen atoms in total. The highest BCUT2D eigenvalue weighted by molar-refractivity contribution is 6.07. The van der Waals surface area contributed by atoms with Gasteiger partial charge in [0.15, 0.2) is 5.78 Å². The van der Waals surface area contributed by atoms with Gasteiger partial charge in [0.1, 0.15) is 17.2 Å². The zero-order valence-electron chi connectivity index (χ0n) is 19.0. The Labute approximate surface area is 186 Å². The summed E-state index contributed by atoms with van der Waals surface area (Å²) in [4.78, 5) is 12.6. The number of ketones is 1. The van der Waals surface area contributed by atoms with Crippen LogP contribution in [0.2, 0.25) is 0 Å². The van der Waals surface area contributed by atoms with Crippen molar-refractivity contribution in [3.8, 4) is 17.2 Å². The third-order valence-electron chi connectivity index (χ3n) is 4.86. The second-order valence-corrected chi connectivity index (χ2v) is 7.32. The van der Waals surface area contributed by atoms with Crippen LogP contribution in [0, 0.1) is 0 Å². The fourth-order valence-corrected chi connectivity index (χ4v) is 3.00. The number of carbonyl (C=O) groups excluding carboxylic acids is 1. The minimum atomic E-state index is -0.0734. The number of benzene rings is 2. The Morgan fingerprint density at radius 1 is 0.968 bits per heavy atom. The maximum absolute atomic E-state index is 12.6. The predicted octanol–water partition coefficient (Wildman–Crippen LogP) is 6.68. The van der Waals surface area contributed by atoms with Gasteiger partial charge in [0, 0.05) is 17.2 Å². The average Bonchev–Trinajstić information content (AvgIpc) is 2.79. The molecule has 166 valence electrons. The van der Waals surface area contributed by atoms with E-state index in [0.29, 0.717) is 25.2 Å². The van der Waals surface area contributed by atoms with E-state index in [1.165, 1.54) is 0 Å². The highest BCUT2D eigenvalue weighted by Crippen LogP contribution is 2.32. The molecule has 0 radical (unpaired) electrons. The Kier molecular flexibility index (Phi) is 10.4. The topological polar surface area (TPSA) is 44.8 Å². The first-order valence-corrected chi connectivity index (χ1v) is 11.0. The standard InChI is InChI=1S/C27H34O4/c1-5-8-17-30-26-20-27(31-18-9-6-2)23(19-22(26)10-7-3)13-16-25(28)21-11-14-24(29-4)15-12-21/h7,11-16,19-20H,3,5-6,8-10,17-18H2,1-2,4H3/b16-13+. The number of carbonyl (C=O) groups is 1. The number of hydrogen-bond acceptors (Lipinski definition) is 4. The number of allylic oxidation sites excluding steroid dienone is 2. The van der Waals surface area contributed by atoms with Crippen LogP contribution in [-0.4, -0.2) is 26.1 Å². The van der Waals surface area contributed by atoms with Crippen LogP contribution in [0.15, 0.2) is 55.1 Å². The van der Waals surface area contributed by atoms with Crippen LogP contribution in [-0.2, 0) is 6.42 Å². The molecule has 0 atom stereocenters. The molecule has 0 bridgehead atoms. The van der Waals surface area contributed by atoms with E-state index < -0.39 is 0 Å². The van der Waals surface area contributed by atoms with Crippen molar-refractivity contribution in [2.45, 2.75) is 46.0 Å². The summed E-state index contributed by atoms with van der Waals surface area (Å²) in [6.07, 6.45) is 10.0. The highest BCUT2D eigenvalue weighted by Gasteiger charge is 2.11. The lowest BCUT2D eigenvalue weighted by atomic mass is 10.0. The normalized spacial score (nSPS) is 10.8. The van der Waals surface area contributed by atoms with Crippen molar-refractivity contribution in [2.75, 3.05) is 20.3 Å². The van der Waals surface area contributed by atoms with E-state index >= 15 is 0 Å². The lowest BCUT2D eigenvalue weighted by Crippen LogP contribution is -2.04. The molecule has 0 fully saturated rings. The predicted molar refractivity (Wildman–Crippen MR) is 128 cm³/mol. The van der Waals surface area contributed by atoms with Gasteiger partial charge >= 0.3 is 0 Å². The number of methoxy groups -OCH3 is 1. The Balaban J connectivity index is 2.31. The average molecular weight is 423 g/mol. The van der Waals surface area contributed by atoms with Gasteiger partial charge in [-0.1, -0.05) is 32.8 Å². The molecule has 0 aliphatic rings. The van der Waals surface area contributed by atoms with E-state index in [9.17, 15) is 4.79 Å². The third kappa shape index (κ3) is 7.63. The maximum atomic E-state index is 12.6. The van der Waals surface area contributed by atoms with Crippen LogP contribution < -0.4 is 14.2 Å². The summed E-state index contributed by atoms with van der Waals surface area (Å²) in [7, 11) is 1.60. The molecule has 0 heterocycles. The van der Waals surface area contributed by atoms with Gasteiger partial charge in [0.2, 0.25) is 0 Å². The molecule has 0 aliphatic heterocycles. The molecule has 2 aromatic carbocycles. The minimum Gasteiger partial charge on any atom is -0.497 e. The van der Waals surface area contributed by atoms with Crippen LogP contribution in [0.5, 0.6) is 17.2 Å². The summed E-state index contributed by atoms with van der Waals surface area (Å²) < 4.78 is 17.2. The fraction of sp³-hybridized carbons (Fsp3) is 0.370.